The van der Waals surface area contributed by atoms with E-state index in [2.05, 4.69) is 5.32 Å². The van der Waals surface area contributed by atoms with Crippen LogP contribution in [-0.2, 0) is 9.84 Å². The number of urea groups is 1. The van der Waals surface area contributed by atoms with Crippen LogP contribution in [0.15, 0.2) is 17.5 Å². The van der Waals surface area contributed by atoms with Crippen molar-refractivity contribution in [3.63, 3.8) is 0 Å². The van der Waals surface area contributed by atoms with Gasteiger partial charge < -0.3 is 10.2 Å². The average Bonchev–Trinajstić information content (AvgIpc) is 2.94. The quantitative estimate of drug-likeness (QED) is 0.917. The molecule has 1 N–H and O–H groups in total. The van der Waals surface area contributed by atoms with Gasteiger partial charge in [0, 0.05) is 18.0 Å². The van der Waals surface area contributed by atoms with E-state index in [1.165, 1.54) is 0 Å². The van der Waals surface area contributed by atoms with Crippen molar-refractivity contribution in [3.05, 3.63) is 22.4 Å². The van der Waals surface area contributed by atoms with Crippen LogP contribution in [0.2, 0.25) is 0 Å². The molecule has 7 heteroatoms. The van der Waals surface area contributed by atoms with Gasteiger partial charge >= 0.3 is 6.03 Å². The highest BCUT2D eigenvalue weighted by atomic mass is 32.2. The first kappa shape index (κ1) is 17.3. The van der Waals surface area contributed by atoms with Crippen LogP contribution >= 0.6 is 11.3 Å². The van der Waals surface area contributed by atoms with Crippen molar-refractivity contribution >= 4 is 27.2 Å². The lowest BCUT2D eigenvalue weighted by molar-refractivity contribution is 0.196. The van der Waals surface area contributed by atoms with Gasteiger partial charge in [0.05, 0.1) is 16.5 Å². The molecule has 0 radical (unpaired) electrons. The first-order valence-corrected chi connectivity index (χ1v) is 10.1. The summed E-state index contributed by atoms with van der Waals surface area (Å²) in [4.78, 5) is 15.2. The predicted molar refractivity (Wildman–Crippen MR) is 89.9 cm³/mol. The van der Waals surface area contributed by atoms with E-state index in [-0.39, 0.29) is 24.4 Å². The molecule has 0 aliphatic carbocycles. The summed E-state index contributed by atoms with van der Waals surface area (Å²) in [5.41, 5.74) is 0. The third-order valence-electron chi connectivity index (χ3n) is 4.34. The highest BCUT2D eigenvalue weighted by Crippen LogP contribution is 2.26. The largest absolute Gasteiger partial charge is 0.330 e. The Hall–Kier alpha value is -1.08. The molecule has 1 atom stereocenters. The molecular formula is C15H24N2O3S2. The van der Waals surface area contributed by atoms with Crippen LogP contribution < -0.4 is 5.32 Å². The lowest BCUT2D eigenvalue weighted by Crippen LogP contribution is -2.42. The third-order valence-corrected chi connectivity index (χ3v) is 7.93. The van der Waals surface area contributed by atoms with Gasteiger partial charge in [-0.2, -0.15) is 0 Å². The normalized spacial score (nSPS) is 21.9. The molecular weight excluding hydrogens is 320 g/mol. The van der Waals surface area contributed by atoms with Gasteiger partial charge in [0.2, 0.25) is 0 Å². The average molecular weight is 345 g/mol. The summed E-state index contributed by atoms with van der Waals surface area (Å²) in [5.74, 6) is 0.0310. The molecule has 0 unspecified atom stereocenters. The van der Waals surface area contributed by atoms with Crippen LogP contribution in [-0.4, -0.2) is 42.9 Å². The van der Waals surface area contributed by atoms with Gasteiger partial charge in [0.25, 0.3) is 0 Å². The number of carbonyl (C=O) groups excluding carboxylic acids is 1. The summed E-state index contributed by atoms with van der Waals surface area (Å²) in [6.07, 6.45) is 1.28. The molecule has 1 aliphatic heterocycles. The van der Waals surface area contributed by atoms with Crippen molar-refractivity contribution < 1.29 is 13.2 Å². The van der Waals surface area contributed by atoms with Crippen LogP contribution in [0, 0.1) is 0 Å². The lowest BCUT2D eigenvalue weighted by Gasteiger charge is -2.25. The Kier molecular flexibility index (Phi) is 5.17. The third kappa shape index (κ3) is 3.63. The standard InChI is InChI=1S/C15H24N2O3S2/c1-4-12(13-6-5-10-21-13)16-14(18)17-8-7-15(2,3)22(19,20)11-9-17/h5-6,10,12H,4,7-9,11H2,1-3H3,(H,16,18)/t12-/m1/s1. The second-order valence-electron chi connectivity index (χ2n) is 6.24. The molecule has 22 heavy (non-hydrogen) atoms. The fraction of sp³-hybridized carbons (Fsp3) is 0.667. The Morgan fingerprint density at radius 1 is 1.45 bits per heavy atom. The topological polar surface area (TPSA) is 66.5 Å². The monoisotopic (exact) mass is 344 g/mol. The maximum absolute atomic E-state index is 12.5. The predicted octanol–water partition coefficient (Wildman–Crippen LogP) is 2.81. The molecule has 2 amide bonds. The number of nitrogens with one attached hydrogen (secondary N) is 1. The van der Waals surface area contributed by atoms with Gasteiger partial charge in [-0.25, -0.2) is 13.2 Å². The van der Waals surface area contributed by atoms with Crippen molar-refractivity contribution in [2.24, 2.45) is 0 Å². The summed E-state index contributed by atoms with van der Waals surface area (Å²) in [6.45, 7) is 6.24. The van der Waals surface area contributed by atoms with Gasteiger partial charge in [-0.05, 0) is 38.1 Å². The van der Waals surface area contributed by atoms with Gasteiger partial charge in [0.15, 0.2) is 9.84 Å². The molecule has 1 aromatic heterocycles. The number of sulfone groups is 1. The number of rotatable bonds is 3. The number of thiophene rings is 1. The van der Waals surface area contributed by atoms with E-state index in [1.54, 1.807) is 30.1 Å². The van der Waals surface area contributed by atoms with Crippen LogP contribution in [0.5, 0.6) is 0 Å². The van der Waals surface area contributed by atoms with Crippen LogP contribution in [0.1, 0.15) is 44.5 Å². The molecule has 2 rings (SSSR count). The van der Waals surface area contributed by atoms with Crippen LogP contribution in [0.25, 0.3) is 0 Å². The smallest absolute Gasteiger partial charge is 0.317 e. The van der Waals surface area contributed by atoms with Gasteiger partial charge in [-0.3, -0.25) is 0 Å². The fourth-order valence-corrected chi connectivity index (χ4v) is 4.76. The highest BCUT2D eigenvalue weighted by Gasteiger charge is 2.38. The molecule has 0 bridgehead atoms. The summed E-state index contributed by atoms with van der Waals surface area (Å²) in [6, 6.07) is 3.79. The van der Waals surface area contributed by atoms with Crippen molar-refractivity contribution in [2.75, 3.05) is 18.8 Å². The molecule has 0 aromatic carbocycles. The Morgan fingerprint density at radius 2 is 2.18 bits per heavy atom. The van der Waals surface area contributed by atoms with Gasteiger partial charge in [-0.15, -0.1) is 11.3 Å². The molecule has 5 nitrogen and oxygen atoms in total. The second-order valence-corrected chi connectivity index (χ2v) is 9.96. The first-order valence-electron chi connectivity index (χ1n) is 7.58. The Balaban J connectivity index is 2.04. The maximum Gasteiger partial charge on any atom is 0.317 e. The lowest BCUT2D eigenvalue weighted by atomic mass is 10.1. The van der Waals surface area contributed by atoms with E-state index in [1.807, 2.05) is 24.4 Å². The minimum atomic E-state index is -3.16. The Labute approximate surface area is 136 Å². The fourth-order valence-electron chi connectivity index (χ4n) is 2.49. The van der Waals surface area contributed by atoms with Crippen LogP contribution in [0.4, 0.5) is 4.79 Å². The zero-order valence-electron chi connectivity index (χ0n) is 13.3. The number of hydrogen-bond acceptors (Lipinski definition) is 4. The molecule has 124 valence electrons. The van der Waals surface area contributed by atoms with Crippen molar-refractivity contribution in [2.45, 2.75) is 44.4 Å². The molecule has 2 heterocycles. The van der Waals surface area contributed by atoms with Crippen molar-refractivity contribution in [3.8, 4) is 0 Å². The maximum atomic E-state index is 12.5. The highest BCUT2D eigenvalue weighted by molar-refractivity contribution is 7.92. The minimum Gasteiger partial charge on any atom is -0.330 e. The Morgan fingerprint density at radius 3 is 2.77 bits per heavy atom. The second kappa shape index (κ2) is 6.58. The van der Waals surface area contributed by atoms with Crippen LogP contribution in [0.3, 0.4) is 0 Å². The van der Waals surface area contributed by atoms with E-state index in [4.69, 9.17) is 0 Å². The molecule has 1 aliphatic rings. The first-order chi connectivity index (χ1) is 10.3. The molecule has 0 saturated carbocycles. The summed E-state index contributed by atoms with van der Waals surface area (Å²) in [5, 5.41) is 5.02. The summed E-state index contributed by atoms with van der Waals surface area (Å²) in [7, 11) is -3.16. The van der Waals surface area contributed by atoms with E-state index < -0.39 is 14.6 Å². The zero-order chi connectivity index (χ0) is 16.4. The number of carbonyl (C=O) groups is 1. The SMILES string of the molecule is CC[C@@H](NC(=O)N1CCC(C)(C)S(=O)(=O)CC1)c1cccs1. The van der Waals surface area contributed by atoms with E-state index >= 15 is 0 Å². The van der Waals surface area contributed by atoms with Gasteiger partial charge in [-0.1, -0.05) is 13.0 Å². The number of hydrogen-bond donors (Lipinski definition) is 1. The minimum absolute atomic E-state index is 0.0135. The van der Waals surface area contributed by atoms with Gasteiger partial charge in [0.1, 0.15) is 0 Å². The molecule has 0 spiro atoms. The number of nitrogens with zero attached hydrogens (tertiary/aromatic N) is 1. The summed E-state index contributed by atoms with van der Waals surface area (Å²) < 4.78 is 23.6. The Bertz CT molecular complexity index is 609. The molecule has 1 aromatic rings. The summed E-state index contributed by atoms with van der Waals surface area (Å²) >= 11 is 1.62. The molecule has 1 fully saturated rings. The van der Waals surface area contributed by atoms with Crippen molar-refractivity contribution in [1.29, 1.82) is 0 Å². The van der Waals surface area contributed by atoms with E-state index in [0.29, 0.717) is 13.0 Å². The number of amides is 2. The zero-order valence-corrected chi connectivity index (χ0v) is 15.0. The van der Waals surface area contributed by atoms with Crippen molar-refractivity contribution in [1.82, 2.24) is 10.2 Å². The van der Waals surface area contributed by atoms with E-state index in [9.17, 15) is 13.2 Å². The molecule has 1 saturated heterocycles. The van der Waals surface area contributed by atoms with E-state index in [0.717, 1.165) is 11.3 Å².